The Morgan fingerprint density at radius 1 is 1.25 bits per heavy atom. The van der Waals surface area contributed by atoms with Gasteiger partial charge in [-0.25, -0.2) is 4.79 Å². The number of aryl methyl sites for hydroxylation is 1. The number of benzene rings is 1. The zero-order chi connectivity index (χ0) is 17.7. The summed E-state index contributed by atoms with van der Waals surface area (Å²) in [5.74, 6) is -0.916. The van der Waals surface area contributed by atoms with Crippen LogP contribution in [0.2, 0.25) is 0 Å². The molecule has 0 N–H and O–H groups in total. The topological polar surface area (TPSA) is 148 Å². The Morgan fingerprint density at radius 3 is 2.58 bits per heavy atom. The minimum Gasteiger partial charge on any atom is -0.483 e. The van der Waals surface area contributed by atoms with Gasteiger partial charge in [0.2, 0.25) is 5.75 Å². The third-order valence-electron chi connectivity index (χ3n) is 2.76. The minimum absolute atomic E-state index is 0.198. The van der Waals surface area contributed by atoms with Gasteiger partial charge in [0.15, 0.2) is 4.88 Å². The molecule has 126 valence electrons. The molecule has 0 unspecified atom stereocenters. The number of non-ortho nitro benzene ring substituents is 1. The van der Waals surface area contributed by atoms with Crippen molar-refractivity contribution in [3.05, 3.63) is 49.0 Å². The van der Waals surface area contributed by atoms with E-state index in [1.54, 1.807) is 6.92 Å². The van der Waals surface area contributed by atoms with Crippen LogP contribution in [0.4, 0.5) is 11.4 Å². The van der Waals surface area contributed by atoms with Gasteiger partial charge >= 0.3 is 11.7 Å². The molecule has 12 heteroatoms. The first kappa shape index (κ1) is 17.2. The monoisotopic (exact) mass is 354 g/mol. The summed E-state index contributed by atoms with van der Waals surface area (Å²) in [5.41, 5.74) is -0.339. The van der Waals surface area contributed by atoms with E-state index < -0.39 is 21.5 Å². The molecule has 0 spiro atoms. The number of esters is 1. The summed E-state index contributed by atoms with van der Waals surface area (Å²) < 4.78 is 13.7. The predicted molar refractivity (Wildman–Crippen MR) is 80.2 cm³/mol. The molecule has 0 bridgehead atoms. The van der Waals surface area contributed by atoms with Crippen LogP contribution in [0, 0.1) is 27.2 Å². The van der Waals surface area contributed by atoms with Crippen LogP contribution in [-0.4, -0.2) is 38.6 Å². The van der Waals surface area contributed by atoms with Crippen molar-refractivity contribution >= 4 is 28.9 Å². The highest BCUT2D eigenvalue weighted by Gasteiger charge is 2.20. The van der Waals surface area contributed by atoms with E-state index in [4.69, 9.17) is 9.47 Å². The number of aromatic nitrogens is 2. The highest BCUT2D eigenvalue weighted by atomic mass is 32.1. The van der Waals surface area contributed by atoms with Gasteiger partial charge in [-0.3, -0.25) is 20.2 Å². The first-order valence-electron chi connectivity index (χ1n) is 6.42. The van der Waals surface area contributed by atoms with Crippen molar-refractivity contribution in [3.8, 4) is 5.75 Å². The molecule has 1 heterocycles. The van der Waals surface area contributed by atoms with Crippen LogP contribution in [0.25, 0.3) is 0 Å². The Kier molecular flexibility index (Phi) is 5.31. The molecule has 0 atom stereocenters. The first-order valence-corrected chi connectivity index (χ1v) is 7.19. The molecule has 24 heavy (non-hydrogen) atoms. The predicted octanol–water partition coefficient (Wildman–Crippen LogP) is 1.90. The lowest BCUT2D eigenvalue weighted by atomic mass is 10.2. The second-order valence-electron chi connectivity index (χ2n) is 4.34. The molecule has 1 aromatic carbocycles. The summed E-state index contributed by atoms with van der Waals surface area (Å²) in [5, 5.41) is 25.3. The standard InChI is InChI=1S/C12H10N4O7S/c1-7-11(24-14-13-7)12(17)23-5-4-22-10-6-8(15(18)19)2-3-9(10)16(20)21/h2-3,6H,4-5H2,1H3. The summed E-state index contributed by atoms with van der Waals surface area (Å²) in [6.45, 7) is 1.19. The maximum Gasteiger partial charge on any atom is 0.352 e. The van der Waals surface area contributed by atoms with Crippen molar-refractivity contribution in [3.63, 3.8) is 0 Å². The van der Waals surface area contributed by atoms with Crippen molar-refractivity contribution in [2.75, 3.05) is 13.2 Å². The van der Waals surface area contributed by atoms with Gasteiger partial charge in [-0.2, -0.15) is 0 Å². The lowest BCUT2D eigenvalue weighted by Crippen LogP contribution is -2.12. The van der Waals surface area contributed by atoms with Gasteiger partial charge in [-0.15, -0.1) is 5.10 Å². The van der Waals surface area contributed by atoms with E-state index in [1.807, 2.05) is 0 Å². The second-order valence-corrected chi connectivity index (χ2v) is 5.09. The average molecular weight is 354 g/mol. The summed E-state index contributed by atoms with van der Waals surface area (Å²) in [6.07, 6.45) is 0. The highest BCUT2D eigenvalue weighted by Crippen LogP contribution is 2.30. The van der Waals surface area contributed by atoms with Crippen molar-refractivity contribution in [1.29, 1.82) is 0 Å². The Hall–Kier alpha value is -3.15. The number of hydrogen-bond donors (Lipinski definition) is 0. The second kappa shape index (κ2) is 7.41. The molecule has 11 nitrogen and oxygen atoms in total. The normalized spacial score (nSPS) is 10.2. The van der Waals surface area contributed by atoms with E-state index in [0.29, 0.717) is 5.69 Å². The van der Waals surface area contributed by atoms with E-state index in [-0.39, 0.29) is 29.5 Å². The van der Waals surface area contributed by atoms with Crippen LogP contribution in [0.1, 0.15) is 15.4 Å². The fourth-order valence-electron chi connectivity index (χ4n) is 1.65. The molecule has 0 saturated carbocycles. The number of nitro benzene ring substituents is 2. The van der Waals surface area contributed by atoms with Gasteiger partial charge in [-0.1, -0.05) is 4.49 Å². The molecule has 0 saturated heterocycles. The number of nitrogens with zero attached hydrogens (tertiary/aromatic N) is 4. The molecule has 0 aliphatic rings. The molecule has 1 aromatic heterocycles. The van der Waals surface area contributed by atoms with Crippen LogP contribution in [0.3, 0.4) is 0 Å². The van der Waals surface area contributed by atoms with Crippen LogP contribution < -0.4 is 4.74 Å². The molecule has 0 radical (unpaired) electrons. The molecule has 0 fully saturated rings. The maximum atomic E-state index is 11.7. The summed E-state index contributed by atoms with van der Waals surface area (Å²) in [4.78, 5) is 32.1. The van der Waals surface area contributed by atoms with Crippen LogP contribution in [0.5, 0.6) is 5.75 Å². The van der Waals surface area contributed by atoms with Gasteiger partial charge in [0.1, 0.15) is 13.2 Å². The number of carbonyl (C=O) groups excluding carboxylic acids is 1. The lowest BCUT2D eigenvalue weighted by molar-refractivity contribution is -0.389. The van der Waals surface area contributed by atoms with Gasteiger partial charge in [0, 0.05) is 12.1 Å². The maximum absolute atomic E-state index is 11.7. The van der Waals surface area contributed by atoms with E-state index in [0.717, 1.165) is 29.7 Å². The highest BCUT2D eigenvalue weighted by molar-refractivity contribution is 7.07. The zero-order valence-corrected chi connectivity index (χ0v) is 13.0. The van der Waals surface area contributed by atoms with Gasteiger partial charge in [-0.05, 0) is 18.5 Å². The fraction of sp³-hybridized carbons (Fsp3) is 0.250. The van der Waals surface area contributed by atoms with Gasteiger partial charge in [0.05, 0.1) is 21.6 Å². The number of rotatable bonds is 7. The Bertz CT molecular complexity index is 791. The third-order valence-corrected chi connectivity index (χ3v) is 3.57. The van der Waals surface area contributed by atoms with Crippen molar-refractivity contribution in [1.82, 2.24) is 9.59 Å². The summed E-state index contributed by atoms with van der Waals surface area (Å²) in [6, 6.07) is 2.92. The molecule has 2 rings (SSSR count). The summed E-state index contributed by atoms with van der Waals surface area (Å²) in [7, 11) is 0. The minimum atomic E-state index is -0.725. The number of nitro groups is 2. The van der Waals surface area contributed by atoms with E-state index in [9.17, 15) is 25.0 Å². The van der Waals surface area contributed by atoms with E-state index in [2.05, 4.69) is 9.59 Å². The van der Waals surface area contributed by atoms with Crippen LogP contribution in [0.15, 0.2) is 18.2 Å². The third kappa shape index (κ3) is 3.98. The number of ether oxygens (including phenoxy) is 2. The van der Waals surface area contributed by atoms with Crippen LogP contribution >= 0.6 is 11.5 Å². The van der Waals surface area contributed by atoms with Gasteiger partial charge in [0.25, 0.3) is 5.69 Å². The van der Waals surface area contributed by atoms with Crippen molar-refractivity contribution in [2.24, 2.45) is 0 Å². The molecular weight excluding hydrogens is 344 g/mol. The molecule has 0 amide bonds. The van der Waals surface area contributed by atoms with E-state index >= 15 is 0 Å². The van der Waals surface area contributed by atoms with Crippen LogP contribution in [-0.2, 0) is 4.74 Å². The average Bonchev–Trinajstić information content (AvgIpc) is 2.97. The van der Waals surface area contributed by atoms with Crippen molar-refractivity contribution < 1.29 is 24.1 Å². The number of carbonyl (C=O) groups is 1. The van der Waals surface area contributed by atoms with Crippen molar-refractivity contribution in [2.45, 2.75) is 6.92 Å². The largest absolute Gasteiger partial charge is 0.483 e. The molecule has 0 aliphatic carbocycles. The van der Waals surface area contributed by atoms with Gasteiger partial charge < -0.3 is 9.47 Å². The smallest absolute Gasteiger partial charge is 0.352 e. The molecule has 0 aliphatic heterocycles. The zero-order valence-electron chi connectivity index (χ0n) is 12.2. The Labute approximate surface area is 138 Å². The molecule has 2 aromatic rings. The lowest BCUT2D eigenvalue weighted by Gasteiger charge is -2.07. The Morgan fingerprint density at radius 2 is 2.00 bits per heavy atom. The molecular formula is C12H10N4O7S. The Balaban J connectivity index is 1.97. The quantitative estimate of drug-likeness (QED) is 0.314. The fourth-order valence-corrected chi connectivity index (χ4v) is 2.20. The SMILES string of the molecule is Cc1nnsc1C(=O)OCCOc1cc([N+](=O)[O-])ccc1[N+](=O)[O-]. The first-order chi connectivity index (χ1) is 11.4. The van der Waals surface area contributed by atoms with E-state index in [1.165, 1.54) is 0 Å². The summed E-state index contributed by atoms with van der Waals surface area (Å²) >= 11 is 0.883. The number of hydrogen-bond acceptors (Lipinski definition) is 10.